The maximum atomic E-state index is 13.0. The Bertz CT molecular complexity index is 830. The molecule has 0 N–H and O–H groups in total. The molecule has 2 amide bonds. The van der Waals surface area contributed by atoms with Gasteiger partial charge in [-0.15, -0.1) is 0 Å². The Kier molecular flexibility index (Phi) is 4.04. The number of amides is 2. The first-order valence-corrected chi connectivity index (χ1v) is 8.96. The van der Waals surface area contributed by atoms with Crippen LogP contribution >= 0.6 is 0 Å². The first kappa shape index (κ1) is 15.9. The van der Waals surface area contributed by atoms with Crippen LogP contribution in [0.2, 0.25) is 0 Å². The SMILES string of the molecule is CCc1cccc(N2C[C@H](C(=O)N3CCc4ccccc43)CC2=O)c1. The molecule has 0 bridgehead atoms. The third-order valence-corrected chi connectivity index (χ3v) is 5.26. The Morgan fingerprint density at radius 2 is 2.00 bits per heavy atom. The lowest BCUT2D eigenvalue weighted by atomic mass is 10.1. The monoisotopic (exact) mass is 334 g/mol. The predicted octanol–water partition coefficient (Wildman–Crippen LogP) is 3.19. The van der Waals surface area contributed by atoms with Crippen molar-refractivity contribution < 1.29 is 9.59 Å². The van der Waals surface area contributed by atoms with Crippen LogP contribution in [0.5, 0.6) is 0 Å². The second kappa shape index (κ2) is 6.36. The predicted molar refractivity (Wildman–Crippen MR) is 98.8 cm³/mol. The number of rotatable bonds is 3. The molecule has 4 nitrogen and oxygen atoms in total. The van der Waals surface area contributed by atoms with Crippen molar-refractivity contribution in [3.8, 4) is 0 Å². The molecular weight excluding hydrogens is 312 g/mol. The van der Waals surface area contributed by atoms with Crippen LogP contribution in [0.25, 0.3) is 0 Å². The van der Waals surface area contributed by atoms with Gasteiger partial charge in [0.2, 0.25) is 11.8 Å². The highest BCUT2D eigenvalue weighted by molar-refractivity contribution is 6.05. The average molecular weight is 334 g/mol. The van der Waals surface area contributed by atoms with E-state index in [2.05, 4.69) is 25.1 Å². The summed E-state index contributed by atoms with van der Waals surface area (Å²) in [6.07, 6.45) is 2.13. The lowest BCUT2D eigenvalue weighted by molar-refractivity contribution is -0.124. The first-order chi connectivity index (χ1) is 12.2. The number of para-hydroxylation sites is 1. The summed E-state index contributed by atoms with van der Waals surface area (Å²) in [6.45, 7) is 3.29. The molecule has 1 fully saturated rings. The summed E-state index contributed by atoms with van der Waals surface area (Å²) in [5.74, 6) is -0.143. The number of nitrogens with zero attached hydrogens (tertiary/aromatic N) is 2. The zero-order chi connectivity index (χ0) is 17.4. The molecule has 2 aromatic carbocycles. The molecule has 2 heterocycles. The van der Waals surface area contributed by atoms with Gasteiger partial charge >= 0.3 is 0 Å². The summed E-state index contributed by atoms with van der Waals surface area (Å²) in [6, 6.07) is 16.1. The zero-order valence-corrected chi connectivity index (χ0v) is 14.4. The van der Waals surface area contributed by atoms with Crippen LogP contribution in [0.1, 0.15) is 24.5 Å². The van der Waals surface area contributed by atoms with Crippen molar-refractivity contribution in [2.45, 2.75) is 26.2 Å². The Morgan fingerprint density at radius 3 is 2.84 bits per heavy atom. The lowest BCUT2D eigenvalue weighted by Gasteiger charge is -2.22. The van der Waals surface area contributed by atoms with E-state index in [0.717, 1.165) is 24.2 Å². The fourth-order valence-corrected chi connectivity index (χ4v) is 3.85. The van der Waals surface area contributed by atoms with Gasteiger partial charge in [-0.3, -0.25) is 9.59 Å². The molecule has 0 aliphatic carbocycles. The minimum Gasteiger partial charge on any atom is -0.312 e. The topological polar surface area (TPSA) is 40.6 Å². The molecule has 2 aliphatic heterocycles. The molecule has 0 unspecified atom stereocenters. The molecule has 1 atom stereocenters. The van der Waals surface area contributed by atoms with E-state index in [0.29, 0.717) is 19.5 Å². The van der Waals surface area contributed by atoms with Gasteiger partial charge in [0.25, 0.3) is 0 Å². The largest absolute Gasteiger partial charge is 0.312 e. The molecule has 25 heavy (non-hydrogen) atoms. The van der Waals surface area contributed by atoms with Gasteiger partial charge in [-0.05, 0) is 42.2 Å². The molecule has 128 valence electrons. The average Bonchev–Trinajstić information content (AvgIpc) is 3.25. The van der Waals surface area contributed by atoms with Crippen molar-refractivity contribution in [1.29, 1.82) is 0 Å². The van der Waals surface area contributed by atoms with Crippen molar-refractivity contribution in [2.75, 3.05) is 22.9 Å². The molecule has 0 aromatic heterocycles. The van der Waals surface area contributed by atoms with Crippen molar-refractivity contribution >= 4 is 23.2 Å². The normalized spacial score (nSPS) is 19.4. The number of carbonyl (C=O) groups excluding carboxylic acids is 2. The smallest absolute Gasteiger partial charge is 0.232 e. The van der Waals surface area contributed by atoms with Crippen LogP contribution in [0.4, 0.5) is 11.4 Å². The van der Waals surface area contributed by atoms with Gasteiger partial charge < -0.3 is 9.80 Å². The van der Waals surface area contributed by atoms with E-state index < -0.39 is 0 Å². The van der Waals surface area contributed by atoms with Gasteiger partial charge in [0.1, 0.15) is 0 Å². The highest BCUT2D eigenvalue weighted by Crippen LogP contribution is 2.32. The third kappa shape index (κ3) is 2.82. The minimum absolute atomic E-state index is 0.0408. The van der Waals surface area contributed by atoms with Gasteiger partial charge in [0.15, 0.2) is 0 Å². The van der Waals surface area contributed by atoms with Crippen LogP contribution in [-0.2, 0) is 22.4 Å². The molecule has 1 saturated heterocycles. The van der Waals surface area contributed by atoms with Crippen LogP contribution in [-0.4, -0.2) is 24.9 Å². The fourth-order valence-electron chi connectivity index (χ4n) is 3.85. The van der Waals surface area contributed by atoms with E-state index in [4.69, 9.17) is 0 Å². The number of benzene rings is 2. The van der Waals surface area contributed by atoms with Crippen LogP contribution in [0.3, 0.4) is 0 Å². The number of hydrogen-bond acceptors (Lipinski definition) is 2. The van der Waals surface area contributed by atoms with E-state index in [1.165, 1.54) is 11.1 Å². The first-order valence-electron chi connectivity index (χ1n) is 8.96. The Morgan fingerprint density at radius 1 is 1.16 bits per heavy atom. The minimum atomic E-state index is -0.260. The Labute approximate surface area is 148 Å². The molecule has 2 aliphatic rings. The van der Waals surface area contributed by atoms with Crippen molar-refractivity contribution in [3.05, 3.63) is 59.7 Å². The molecule has 2 aromatic rings. The summed E-state index contributed by atoms with van der Waals surface area (Å²) in [4.78, 5) is 29.1. The van der Waals surface area contributed by atoms with Crippen LogP contribution < -0.4 is 9.80 Å². The molecule has 4 heteroatoms. The number of fused-ring (bicyclic) bond motifs is 1. The highest BCUT2D eigenvalue weighted by atomic mass is 16.2. The third-order valence-electron chi connectivity index (χ3n) is 5.26. The van der Waals surface area contributed by atoms with Gasteiger partial charge in [0, 0.05) is 30.9 Å². The van der Waals surface area contributed by atoms with E-state index in [1.54, 1.807) is 4.90 Å². The van der Waals surface area contributed by atoms with Gasteiger partial charge in [-0.1, -0.05) is 37.3 Å². The second-order valence-corrected chi connectivity index (χ2v) is 6.80. The lowest BCUT2D eigenvalue weighted by Crippen LogP contribution is -2.36. The van der Waals surface area contributed by atoms with Crippen LogP contribution in [0, 0.1) is 5.92 Å². The summed E-state index contributed by atoms with van der Waals surface area (Å²) in [5.41, 5.74) is 4.33. The van der Waals surface area contributed by atoms with Crippen molar-refractivity contribution in [1.82, 2.24) is 0 Å². The maximum Gasteiger partial charge on any atom is 0.232 e. The summed E-state index contributed by atoms with van der Waals surface area (Å²) in [5, 5.41) is 0. The van der Waals surface area contributed by atoms with E-state index in [9.17, 15) is 9.59 Å². The summed E-state index contributed by atoms with van der Waals surface area (Å²) >= 11 is 0. The van der Waals surface area contributed by atoms with Crippen LogP contribution in [0.15, 0.2) is 48.5 Å². The highest BCUT2D eigenvalue weighted by Gasteiger charge is 2.39. The molecule has 0 radical (unpaired) electrons. The number of carbonyl (C=O) groups is 2. The Balaban J connectivity index is 1.53. The van der Waals surface area contributed by atoms with Gasteiger partial charge in [-0.2, -0.15) is 0 Å². The Hall–Kier alpha value is -2.62. The number of aryl methyl sites for hydroxylation is 1. The second-order valence-electron chi connectivity index (χ2n) is 6.80. The van der Waals surface area contributed by atoms with E-state index in [1.807, 2.05) is 35.2 Å². The molecule has 4 rings (SSSR count). The fraction of sp³-hybridized carbons (Fsp3) is 0.333. The number of anilines is 2. The van der Waals surface area contributed by atoms with Gasteiger partial charge in [0.05, 0.1) is 5.92 Å². The van der Waals surface area contributed by atoms with Gasteiger partial charge in [-0.25, -0.2) is 0 Å². The quantitative estimate of drug-likeness (QED) is 0.865. The number of hydrogen-bond donors (Lipinski definition) is 0. The van der Waals surface area contributed by atoms with E-state index in [-0.39, 0.29) is 17.7 Å². The van der Waals surface area contributed by atoms with Crippen molar-refractivity contribution in [2.24, 2.45) is 5.92 Å². The van der Waals surface area contributed by atoms with E-state index >= 15 is 0 Å². The molecule has 0 spiro atoms. The molecule has 0 saturated carbocycles. The summed E-state index contributed by atoms with van der Waals surface area (Å²) < 4.78 is 0. The molecular formula is C21H22N2O2. The maximum absolute atomic E-state index is 13.0. The summed E-state index contributed by atoms with van der Waals surface area (Å²) in [7, 11) is 0. The zero-order valence-electron chi connectivity index (χ0n) is 14.4. The standard InChI is InChI=1S/C21H22N2O2/c1-2-15-6-5-8-18(12-15)23-14-17(13-20(23)24)21(25)22-11-10-16-7-3-4-9-19(16)22/h3-9,12,17H,2,10-11,13-14H2,1H3/t17-/m1/s1. The van der Waals surface area contributed by atoms with Crippen molar-refractivity contribution in [3.63, 3.8) is 0 Å².